The SMILES string of the molecule is CCOc1ccc(NC(=O)CNC(=O)c2cc(S(=O)(=O)Nc3ccc(F)cc3)ccc2C)cc1. The highest BCUT2D eigenvalue weighted by Crippen LogP contribution is 2.20. The van der Waals surface area contributed by atoms with Gasteiger partial charge >= 0.3 is 0 Å². The van der Waals surface area contributed by atoms with E-state index in [0.29, 0.717) is 23.6 Å². The van der Waals surface area contributed by atoms with Gasteiger partial charge in [-0.25, -0.2) is 12.8 Å². The molecule has 34 heavy (non-hydrogen) atoms. The van der Waals surface area contributed by atoms with Crippen molar-refractivity contribution in [3.63, 3.8) is 0 Å². The number of carbonyl (C=O) groups is 2. The number of amides is 2. The quantitative estimate of drug-likeness (QED) is 0.428. The lowest BCUT2D eigenvalue weighted by molar-refractivity contribution is -0.115. The summed E-state index contributed by atoms with van der Waals surface area (Å²) < 4.78 is 46.1. The highest BCUT2D eigenvalue weighted by molar-refractivity contribution is 7.92. The fraction of sp³-hybridized carbons (Fsp3) is 0.167. The third-order valence-corrected chi connectivity index (χ3v) is 6.10. The smallest absolute Gasteiger partial charge is 0.261 e. The lowest BCUT2D eigenvalue weighted by Crippen LogP contribution is -2.33. The molecule has 8 nitrogen and oxygen atoms in total. The second-order valence-electron chi connectivity index (χ2n) is 7.28. The Balaban J connectivity index is 1.64. The first-order valence-corrected chi connectivity index (χ1v) is 11.9. The van der Waals surface area contributed by atoms with Crippen LogP contribution in [0, 0.1) is 12.7 Å². The van der Waals surface area contributed by atoms with Crippen LogP contribution in [0.5, 0.6) is 5.75 Å². The molecule has 0 atom stereocenters. The van der Waals surface area contributed by atoms with Crippen LogP contribution >= 0.6 is 0 Å². The van der Waals surface area contributed by atoms with E-state index in [1.165, 1.54) is 30.3 Å². The molecule has 0 heterocycles. The zero-order valence-electron chi connectivity index (χ0n) is 18.6. The molecule has 0 saturated heterocycles. The molecule has 0 aromatic heterocycles. The number of halogens is 1. The van der Waals surface area contributed by atoms with Gasteiger partial charge in [-0.2, -0.15) is 0 Å². The Morgan fingerprint density at radius 2 is 1.59 bits per heavy atom. The first kappa shape index (κ1) is 24.7. The summed E-state index contributed by atoms with van der Waals surface area (Å²) in [6, 6.07) is 15.7. The van der Waals surface area contributed by atoms with Gasteiger partial charge in [0.15, 0.2) is 0 Å². The van der Waals surface area contributed by atoms with E-state index in [2.05, 4.69) is 15.4 Å². The zero-order valence-corrected chi connectivity index (χ0v) is 19.4. The lowest BCUT2D eigenvalue weighted by Gasteiger charge is -2.12. The van der Waals surface area contributed by atoms with Crippen LogP contribution in [0.2, 0.25) is 0 Å². The summed E-state index contributed by atoms with van der Waals surface area (Å²) in [5, 5.41) is 5.15. The molecule has 0 fully saturated rings. The van der Waals surface area contributed by atoms with Crippen molar-refractivity contribution >= 4 is 33.2 Å². The Labute approximate surface area is 197 Å². The van der Waals surface area contributed by atoms with Crippen molar-refractivity contribution < 1.29 is 27.1 Å². The number of sulfonamides is 1. The Hall–Kier alpha value is -3.92. The van der Waals surface area contributed by atoms with Crippen LogP contribution in [0.25, 0.3) is 0 Å². The number of carbonyl (C=O) groups excluding carboxylic acids is 2. The van der Waals surface area contributed by atoms with Crippen LogP contribution in [0.1, 0.15) is 22.8 Å². The minimum Gasteiger partial charge on any atom is -0.494 e. The molecule has 0 saturated carbocycles. The van der Waals surface area contributed by atoms with Crippen molar-refractivity contribution in [1.82, 2.24) is 5.32 Å². The summed E-state index contributed by atoms with van der Waals surface area (Å²) >= 11 is 0. The number of ether oxygens (including phenoxy) is 1. The Morgan fingerprint density at radius 3 is 2.24 bits per heavy atom. The molecule has 2 amide bonds. The number of benzene rings is 3. The minimum absolute atomic E-state index is 0.107. The molecule has 0 aliphatic heterocycles. The topological polar surface area (TPSA) is 114 Å². The second kappa shape index (κ2) is 10.8. The van der Waals surface area contributed by atoms with Gasteiger partial charge in [0.05, 0.1) is 18.0 Å². The largest absolute Gasteiger partial charge is 0.494 e. The Kier molecular flexibility index (Phi) is 7.85. The van der Waals surface area contributed by atoms with Crippen LogP contribution in [0.3, 0.4) is 0 Å². The van der Waals surface area contributed by atoms with E-state index in [9.17, 15) is 22.4 Å². The first-order valence-electron chi connectivity index (χ1n) is 10.4. The lowest BCUT2D eigenvalue weighted by atomic mass is 10.1. The highest BCUT2D eigenvalue weighted by Gasteiger charge is 2.19. The van der Waals surface area contributed by atoms with Crippen molar-refractivity contribution in [2.75, 3.05) is 23.2 Å². The summed E-state index contributed by atoms with van der Waals surface area (Å²) in [6.07, 6.45) is 0. The van der Waals surface area contributed by atoms with Gasteiger partial charge in [0.2, 0.25) is 5.91 Å². The van der Waals surface area contributed by atoms with E-state index < -0.39 is 27.7 Å². The molecule has 3 N–H and O–H groups in total. The van der Waals surface area contributed by atoms with Crippen LogP contribution in [0.15, 0.2) is 71.6 Å². The molecular weight excluding hydrogens is 461 g/mol. The molecule has 10 heteroatoms. The first-order chi connectivity index (χ1) is 16.2. The summed E-state index contributed by atoms with van der Waals surface area (Å²) in [4.78, 5) is 24.7. The molecule has 3 rings (SSSR count). The van der Waals surface area contributed by atoms with E-state index in [1.54, 1.807) is 31.2 Å². The number of anilines is 2. The van der Waals surface area contributed by atoms with Crippen LogP contribution in [-0.2, 0) is 14.8 Å². The maximum atomic E-state index is 13.1. The predicted molar refractivity (Wildman–Crippen MR) is 127 cm³/mol. The van der Waals surface area contributed by atoms with Crippen LogP contribution in [-0.4, -0.2) is 33.4 Å². The van der Waals surface area contributed by atoms with E-state index in [1.807, 2.05) is 6.92 Å². The van der Waals surface area contributed by atoms with E-state index >= 15 is 0 Å². The summed E-state index contributed by atoms with van der Waals surface area (Å²) in [5.41, 5.74) is 1.36. The number of nitrogens with one attached hydrogen (secondary N) is 3. The van der Waals surface area contributed by atoms with Gasteiger partial charge in [-0.1, -0.05) is 6.07 Å². The molecule has 3 aromatic carbocycles. The number of hydrogen-bond donors (Lipinski definition) is 3. The van der Waals surface area contributed by atoms with E-state index in [-0.39, 0.29) is 22.7 Å². The van der Waals surface area contributed by atoms with E-state index in [4.69, 9.17) is 4.74 Å². The Bertz CT molecular complexity index is 1280. The van der Waals surface area contributed by atoms with Crippen molar-refractivity contribution in [2.24, 2.45) is 0 Å². The zero-order chi connectivity index (χ0) is 24.7. The fourth-order valence-corrected chi connectivity index (χ4v) is 4.09. The van der Waals surface area contributed by atoms with Gasteiger partial charge < -0.3 is 15.4 Å². The average molecular weight is 486 g/mol. The second-order valence-corrected chi connectivity index (χ2v) is 8.96. The van der Waals surface area contributed by atoms with Crippen molar-refractivity contribution in [3.8, 4) is 5.75 Å². The molecule has 0 spiro atoms. The molecule has 0 aliphatic rings. The predicted octanol–water partition coefficient (Wildman–Crippen LogP) is 3.70. The van der Waals surface area contributed by atoms with Gasteiger partial charge in [0, 0.05) is 16.9 Å². The molecule has 3 aromatic rings. The summed E-state index contributed by atoms with van der Waals surface area (Å²) in [7, 11) is -4.02. The van der Waals surface area contributed by atoms with Crippen LogP contribution < -0.4 is 20.1 Å². The Morgan fingerprint density at radius 1 is 0.941 bits per heavy atom. The van der Waals surface area contributed by atoms with Gasteiger partial charge in [0.1, 0.15) is 11.6 Å². The highest BCUT2D eigenvalue weighted by atomic mass is 32.2. The molecule has 0 aliphatic carbocycles. The minimum atomic E-state index is -4.02. The maximum Gasteiger partial charge on any atom is 0.261 e. The standard InChI is InChI=1S/C24H24FN3O5S/c1-3-33-20-11-9-18(10-12-20)27-23(29)15-26-24(30)22-14-21(13-4-16(22)2)34(31,32)28-19-7-5-17(25)6-8-19/h4-14,28H,3,15H2,1-2H3,(H,26,30)(H,27,29). The molecule has 0 bridgehead atoms. The fourth-order valence-electron chi connectivity index (χ4n) is 3.01. The van der Waals surface area contributed by atoms with Gasteiger partial charge in [0.25, 0.3) is 15.9 Å². The molecule has 0 unspecified atom stereocenters. The normalized spacial score (nSPS) is 10.9. The van der Waals surface area contributed by atoms with E-state index in [0.717, 1.165) is 12.1 Å². The average Bonchev–Trinajstić information content (AvgIpc) is 2.80. The molecular formula is C24H24FN3O5S. The summed E-state index contributed by atoms with van der Waals surface area (Å²) in [6.45, 7) is 3.74. The van der Waals surface area contributed by atoms with Gasteiger partial charge in [-0.05, 0) is 80.1 Å². The summed E-state index contributed by atoms with van der Waals surface area (Å²) in [5.74, 6) is -0.869. The number of aryl methyl sites for hydroxylation is 1. The van der Waals surface area contributed by atoms with Gasteiger partial charge in [-0.3, -0.25) is 14.3 Å². The van der Waals surface area contributed by atoms with Crippen LogP contribution in [0.4, 0.5) is 15.8 Å². The van der Waals surface area contributed by atoms with Crippen molar-refractivity contribution in [3.05, 3.63) is 83.7 Å². The van der Waals surface area contributed by atoms with Crippen molar-refractivity contribution in [2.45, 2.75) is 18.7 Å². The third-order valence-electron chi connectivity index (χ3n) is 4.72. The molecule has 178 valence electrons. The number of hydrogen-bond acceptors (Lipinski definition) is 5. The number of rotatable bonds is 9. The van der Waals surface area contributed by atoms with Crippen molar-refractivity contribution in [1.29, 1.82) is 0 Å². The molecule has 0 radical (unpaired) electrons. The third kappa shape index (κ3) is 6.55. The maximum absolute atomic E-state index is 13.1. The monoisotopic (exact) mass is 485 g/mol. The van der Waals surface area contributed by atoms with Gasteiger partial charge in [-0.15, -0.1) is 0 Å².